The van der Waals surface area contributed by atoms with Crippen molar-refractivity contribution < 1.29 is 8.42 Å². The van der Waals surface area contributed by atoms with Crippen LogP contribution in [0.25, 0.3) is 0 Å². The number of nitrogens with two attached hydrogens (primary N) is 1. The van der Waals surface area contributed by atoms with Crippen LogP contribution in [0.5, 0.6) is 0 Å². The number of nitrogens with zero attached hydrogens (tertiary/aromatic N) is 2. The molecular formula is C15H27N3O2S. The molecule has 0 aliphatic rings. The molecule has 0 heterocycles. The van der Waals surface area contributed by atoms with Gasteiger partial charge >= 0.3 is 0 Å². The van der Waals surface area contributed by atoms with Crippen molar-refractivity contribution in [2.75, 3.05) is 39.5 Å². The van der Waals surface area contributed by atoms with E-state index in [1.807, 2.05) is 34.9 Å². The van der Waals surface area contributed by atoms with Crippen molar-refractivity contribution in [3.05, 3.63) is 23.3 Å². The molecule has 0 unspecified atom stereocenters. The fourth-order valence-electron chi connectivity index (χ4n) is 2.27. The van der Waals surface area contributed by atoms with Gasteiger partial charge in [0, 0.05) is 18.8 Å². The summed E-state index contributed by atoms with van der Waals surface area (Å²) in [5, 5.41) is 0. The van der Waals surface area contributed by atoms with Crippen LogP contribution < -0.4 is 5.73 Å². The van der Waals surface area contributed by atoms with Gasteiger partial charge in [0.2, 0.25) is 10.0 Å². The highest BCUT2D eigenvalue weighted by Gasteiger charge is 2.25. The van der Waals surface area contributed by atoms with Gasteiger partial charge in [0.05, 0.1) is 4.90 Å². The summed E-state index contributed by atoms with van der Waals surface area (Å²) in [6.07, 6.45) is 0.806. The van der Waals surface area contributed by atoms with Crippen LogP contribution in [0.3, 0.4) is 0 Å². The average molecular weight is 313 g/mol. The normalized spacial score (nSPS) is 12.3. The smallest absolute Gasteiger partial charge is 0.243 e. The first kappa shape index (κ1) is 17.9. The molecule has 0 amide bonds. The zero-order valence-electron chi connectivity index (χ0n) is 13.7. The fraction of sp³-hybridized carbons (Fsp3) is 0.600. The lowest BCUT2D eigenvalue weighted by Crippen LogP contribution is -2.33. The average Bonchev–Trinajstić information content (AvgIpc) is 2.38. The Morgan fingerprint density at radius 2 is 1.76 bits per heavy atom. The third-order valence-corrected chi connectivity index (χ3v) is 5.73. The van der Waals surface area contributed by atoms with Crippen LogP contribution in [0, 0.1) is 13.8 Å². The summed E-state index contributed by atoms with van der Waals surface area (Å²) in [7, 11) is 0.475. The van der Waals surface area contributed by atoms with Crippen LogP contribution >= 0.6 is 0 Å². The summed E-state index contributed by atoms with van der Waals surface area (Å²) < 4.78 is 27.2. The van der Waals surface area contributed by atoms with E-state index in [2.05, 4.69) is 4.90 Å². The van der Waals surface area contributed by atoms with Crippen molar-refractivity contribution in [1.29, 1.82) is 0 Å². The lowest BCUT2D eigenvalue weighted by Gasteiger charge is -2.23. The molecule has 21 heavy (non-hydrogen) atoms. The summed E-state index contributed by atoms with van der Waals surface area (Å²) in [5.74, 6) is 0. The number of hydrogen-bond acceptors (Lipinski definition) is 4. The molecule has 0 spiro atoms. The molecule has 0 bridgehead atoms. The number of sulfonamides is 1. The lowest BCUT2D eigenvalue weighted by molar-refractivity contribution is 0.356. The maximum atomic E-state index is 12.8. The van der Waals surface area contributed by atoms with Crippen molar-refractivity contribution >= 4 is 15.7 Å². The molecule has 0 radical (unpaired) electrons. The first-order chi connectivity index (χ1) is 9.70. The molecule has 120 valence electrons. The Morgan fingerprint density at radius 3 is 2.29 bits per heavy atom. The van der Waals surface area contributed by atoms with E-state index >= 15 is 0 Å². The Kier molecular flexibility index (Phi) is 6.19. The standard InChI is InChI=1S/C15H27N3O2S/c1-6-18(9-7-8-17(4)5)21(19,20)15-11-14(16)10-12(2)13(15)3/h10-11H,6-9,16H2,1-5H3. The molecule has 6 heteroatoms. The van der Waals surface area contributed by atoms with E-state index in [9.17, 15) is 8.42 Å². The monoisotopic (exact) mass is 313 g/mol. The minimum absolute atomic E-state index is 0.326. The second-order valence-corrected chi connectivity index (χ2v) is 7.52. The molecule has 1 rings (SSSR count). The Bertz CT molecular complexity index is 583. The van der Waals surface area contributed by atoms with E-state index in [0.717, 1.165) is 24.1 Å². The van der Waals surface area contributed by atoms with E-state index in [1.165, 1.54) is 4.31 Å². The molecule has 0 aliphatic heterocycles. The minimum Gasteiger partial charge on any atom is -0.399 e. The molecular weight excluding hydrogens is 286 g/mol. The number of nitrogen functional groups attached to an aromatic ring is 1. The van der Waals surface area contributed by atoms with Crippen LogP contribution in [-0.2, 0) is 10.0 Å². The Balaban J connectivity index is 3.08. The number of rotatable bonds is 7. The van der Waals surface area contributed by atoms with Gasteiger partial charge in [-0.25, -0.2) is 8.42 Å². The van der Waals surface area contributed by atoms with Crippen molar-refractivity contribution in [1.82, 2.24) is 9.21 Å². The molecule has 2 N–H and O–H groups in total. The molecule has 0 atom stereocenters. The Morgan fingerprint density at radius 1 is 1.14 bits per heavy atom. The number of anilines is 1. The van der Waals surface area contributed by atoms with Crippen molar-refractivity contribution in [2.24, 2.45) is 0 Å². The van der Waals surface area contributed by atoms with E-state index < -0.39 is 10.0 Å². The molecule has 0 fully saturated rings. The summed E-state index contributed by atoms with van der Waals surface area (Å²) in [6, 6.07) is 3.36. The van der Waals surface area contributed by atoms with Crippen LogP contribution in [0.4, 0.5) is 5.69 Å². The third-order valence-electron chi connectivity index (χ3n) is 3.63. The van der Waals surface area contributed by atoms with Crippen molar-refractivity contribution in [2.45, 2.75) is 32.1 Å². The molecule has 5 nitrogen and oxygen atoms in total. The van der Waals surface area contributed by atoms with E-state index in [0.29, 0.717) is 23.7 Å². The van der Waals surface area contributed by atoms with Gasteiger partial charge in [-0.15, -0.1) is 0 Å². The molecule has 1 aromatic carbocycles. The summed E-state index contributed by atoms with van der Waals surface area (Å²) in [4.78, 5) is 2.38. The zero-order chi connectivity index (χ0) is 16.2. The second kappa shape index (κ2) is 7.24. The molecule has 0 saturated carbocycles. The van der Waals surface area contributed by atoms with Crippen LogP contribution in [0.15, 0.2) is 17.0 Å². The van der Waals surface area contributed by atoms with Gasteiger partial charge < -0.3 is 10.6 Å². The largest absolute Gasteiger partial charge is 0.399 e. The summed E-state index contributed by atoms with van der Waals surface area (Å²) in [5.41, 5.74) is 7.98. The highest BCUT2D eigenvalue weighted by Crippen LogP contribution is 2.25. The van der Waals surface area contributed by atoms with E-state index in [4.69, 9.17) is 5.73 Å². The molecule has 0 aromatic heterocycles. The number of aryl methyl sites for hydroxylation is 1. The van der Waals surface area contributed by atoms with Gasteiger partial charge in [-0.1, -0.05) is 6.92 Å². The van der Waals surface area contributed by atoms with Gasteiger partial charge in [-0.3, -0.25) is 0 Å². The Hall–Kier alpha value is -1.11. The van der Waals surface area contributed by atoms with Crippen LogP contribution in [0.2, 0.25) is 0 Å². The predicted molar refractivity (Wildman–Crippen MR) is 87.9 cm³/mol. The molecule has 0 aliphatic carbocycles. The fourth-order valence-corrected chi connectivity index (χ4v) is 4.09. The van der Waals surface area contributed by atoms with E-state index in [-0.39, 0.29) is 0 Å². The quantitative estimate of drug-likeness (QED) is 0.780. The zero-order valence-corrected chi connectivity index (χ0v) is 14.5. The maximum Gasteiger partial charge on any atom is 0.243 e. The number of benzene rings is 1. The minimum atomic E-state index is -3.49. The lowest BCUT2D eigenvalue weighted by atomic mass is 10.1. The predicted octanol–water partition coefficient (Wildman–Crippen LogP) is 1.85. The molecule has 1 aromatic rings. The third kappa shape index (κ3) is 4.43. The second-order valence-electron chi connectivity index (χ2n) is 5.61. The van der Waals surface area contributed by atoms with Gasteiger partial charge in [0.25, 0.3) is 0 Å². The first-order valence-electron chi connectivity index (χ1n) is 7.21. The maximum absolute atomic E-state index is 12.8. The van der Waals surface area contributed by atoms with Gasteiger partial charge in [-0.2, -0.15) is 4.31 Å². The van der Waals surface area contributed by atoms with Crippen LogP contribution in [-0.4, -0.2) is 51.4 Å². The van der Waals surface area contributed by atoms with Gasteiger partial charge in [0.15, 0.2) is 0 Å². The van der Waals surface area contributed by atoms with Gasteiger partial charge in [-0.05, 0) is 64.2 Å². The first-order valence-corrected chi connectivity index (χ1v) is 8.65. The van der Waals surface area contributed by atoms with Crippen LogP contribution in [0.1, 0.15) is 24.5 Å². The highest BCUT2D eigenvalue weighted by atomic mass is 32.2. The SMILES string of the molecule is CCN(CCCN(C)C)S(=O)(=O)c1cc(N)cc(C)c1C. The van der Waals surface area contributed by atoms with Crippen molar-refractivity contribution in [3.63, 3.8) is 0 Å². The topological polar surface area (TPSA) is 66.6 Å². The number of hydrogen-bond donors (Lipinski definition) is 1. The van der Waals surface area contributed by atoms with Crippen molar-refractivity contribution in [3.8, 4) is 0 Å². The summed E-state index contributed by atoms with van der Waals surface area (Å²) in [6.45, 7) is 7.42. The highest BCUT2D eigenvalue weighted by molar-refractivity contribution is 7.89. The van der Waals surface area contributed by atoms with E-state index in [1.54, 1.807) is 12.1 Å². The molecule has 0 saturated heterocycles. The van der Waals surface area contributed by atoms with Gasteiger partial charge in [0.1, 0.15) is 0 Å². The Labute approximate surface area is 128 Å². The summed E-state index contributed by atoms with van der Waals surface area (Å²) >= 11 is 0.